The van der Waals surface area contributed by atoms with Crippen molar-refractivity contribution in [2.24, 2.45) is 23.7 Å². The Morgan fingerprint density at radius 3 is 2.53 bits per heavy atom. The van der Waals surface area contributed by atoms with E-state index >= 15 is 0 Å². The first-order valence-electron chi connectivity index (χ1n) is 7.98. The Kier molecular flexibility index (Phi) is 5.56. The third-order valence-corrected chi connectivity index (χ3v) is 5.86. The van der Waals surface area contributed by atoms with Crippen LogP contribution in [0.4, 0.5) is 0 Å². The molecule has 2 saturated carbocycles. The number of rotatable bonds is 4. The first kappa shape index (κ1) is 15.2. The Morgan fingerprint density at radius 2 is 1.84 bits per heavy atom. The average Bonchev–Trinajstić information content (AvgIpc) is 2.45. The Hall–Kier alpha value is -0.240. The van der Waals surface area contributed by atoms with E-state index < -0.39 is 0 Å². The van der Waals surface area contributed by atoms with Crippen molar-refractivity contribution < 1.29 is 4.79 Å². The van der Waals surface area contributed by atoms with Crippen LogP contribution in [-0.2, 0) is 4.79 Å². The quantitative estimate of drug-likeness (QED) is 0.778. The first-order chi connectivity index (χ1) is 9.11. The fourth-order valence-electron chi connectivity index (χ4n) is 3.73. The molecule has 2 aliphatic carbocycles. The summed E-state index contributed by atoms with van der Waals surface area (Å²) in [5.74, 6) is 3.21. The van der Waals surface area contributed by atoms with Crippen LogP contribution >= 0.6 is 11.6 Å². The van der Waals surface area contributed by atoms with E-state index in [-0.39, 0.29) is 17.9 Å². The van der Waals surface area contributed by atoms with Gasteiger partial charge in [-0.3, -0.25) is 4.79 Å². The molecule has 5 unspecified atom stereocenters. The Bertz CT molecular complexity index is 307. The van der Waals surface area contributed by atoms with E-state index in [0.717, 1.165) is 24.7 Å². The average molecular weight is 286 g/mol. The van der Waals surface area contributed by atoms with Gasteiger partial charge in [0.25, 0.3) is 0 Å². The molecule has 0 spiro atoms. The van der Waals surface area contributed by atoms with Gasteiger partial charge in [0, 0.05) is 17.8 Å². The van der Waals surface area contributed by atoms with Gasteiger partial charge >= 0.3 is 0 Å². The van der Waals surface area contributed by atoms with Crippen molar-refractivity contribution in [2.45, 2.75) is 64.8 Å². The largest absolute Gasteiger partial charge is 0.353 e. The SMILES string of the molecule is CC(CCl)C(C)NC(=O)C1CCC2CCCCC2C1. The number of hydrogen-bond acceptors (Lipinski definition) is 1. The maximum Gasteiger partial charge on any atom is 0.223 e. The molecule has 1 N–H and O–H groups in total. The van der Waals surface area contributed by atoms with Gasteiger partial charge in [-0.25, -0.2) is 0 Å². The van der Waals surface area contributed by atoms with Crippen molar-refractivity contribution in [1.29, 1.82) is 0 Å². The molecule has 110 valence electrons. The third kappa shape index (κ3) is 3.87. The highest BCUT2D eigenvalue weighted by Gasteiger charge is 2.35. The van der Waals surface area contributed by atoms with Crippen molar-refractivity contribution in [2.75, 3.05) is 5.88 Å². The molecule has 0 aromatic heterocycles. The summed E-state index contributed by atoms with van der Waals surface area (Å²) in [4.78, 5) is 12.3. The number of amides is 1. The summed E-state index contributed by atoms with van der Waals surface area (Å²) < 4.78 is 0. The number of carbonyl (C=O) groups excluding carboxylic acids is 1. The van der Waals surface area contributed by atoms with Crippen molar-refractivity contribution >= 4 is 17.5 Å². The van der Waals surface area contributed by atoms with E-state index in [4.69, 9.17) is 11.6 Å². The molecule has 2 rings (SSSR count). The van der Waals surface area contributed by atoms with Gasteiger partial charge < -0.3 is 5.32 Å². The summed E-state index contributed by atoms with van der Waals surface area (Å²) in [6, 6.07) is 0.189. The Morgan fingerprint density at radius 1 is 1.16 bits per heavy atom. The van der Waals surface area contributed by atoms with Crippen LogP contribution in [0, 0.1) is 23.7 Å². The molecule has 0 aromatic carbocycles. The molecule has 2 aliphatic rings. The molecule has 3 heteroatoms. The number of nitrogens with one attached hydrogen (secondary N) is 1. The van der Waals surface area contributed by atoms with Crippen LogP contribution in [0.1, 0.15) is 58.8 Å². The first-order valence-corrected chi connectivity index (χ1v) is 8.51. The highest BCUT2D eigenvalue weighted by molar-refractivity contribution is 6.18. The summed E-state index contributed by atoms with van der Waals surface area (Å²) in [6.45, 7) is 4.16. The minimum atomic E-state index is 0.189. The highest BCUT2D eigenvalue weighted by atomic mass is 35.5. The molecule has 0 bridgehead atoms. The Balaban J connectivity index is 1.83. The van der Waals surface area contributed by atoms with Crippen LogP contribution < -0.4 is 5.32 Å². The molecule has 0 heterocycles. The molecule has 0 aromatic rings. The molecule has 1 amide bonds. The molecule has 19 heavy (non-hydrogen) atoms. The summed E-state index contributed by atoms with van der Waals surface area (Å²) in [6.07, 6.45) is 9.01. The molecule has 2 nitrogen and oxygen atoms in total. The third-order valence-electron chi connectivity index (χ3n) is 5.38. The van der Waals surface area contributed by atoms with Crippen molar-refractivity contribution in [3.63, 3.8) is 0 Å². The van der Waals surface area contributed by atoms with Crippen LogP contribution in [0.2, 0.25) is 0 Å². The van der Waals surface area contributed by atoms with Crippen LogP contribution in [0.25, 0.3) is 0 Å². The summed E-state index contributed by atoms with van der Waals surface area (Å²) >= 11 is 5.86. The smallest absolute Gasteiger partial charge is 0.223 e. The Labute approximate surface area is 122 Å². The van der Waals surface area contributed by atoms with Crippen molar-refractivity contribution in [3.8, 4) is 0 Å². The van der Waals surface area contributed by atoms with Gasteiger partial charge in [0.05, 0.1) is 0 Å². The minimum absolute atomic E-state index is 0.189. The number of hydrogen-bond donors (Lipinski definition) is 1. The molecule has 2 fully saturated rings. The highest BCUT2D eigenvalue weighted by Crippen LogP contribution is 2.42. The summed E-state index contributed by atoms with van der Waals surface area (Å²) in [5.41, 5.74) is 0. The van der Waals surface area contributed by atoms with Gasteiger partial charge in [-0.05, 0) is 43.9 Å². The zero-order valence-electron chi connectivity index (χ0n) is 12.3. The topological polar surface area (TPSA) is 29.1 Å². The molecular weight excluding hydrogens is 258 g/mol. The molecule has 0 saturated heterocycles. The van der Waals surface area contributed by atoms with E-state index in [1.165, 1.54) is 32.1 Å². The second kappa shape index (κ2) is 6.97. The number of halogens is 1. The monoisotopic (exact) mass is 285 g/mol. The van der Waals surface area contributed by atoms with E-state index in [9.17, 15) is 4.79 Å². The lowest BCUT2D eigenvalue weighted by atomic mass is 9.67. The predicted octanol–water partition coefficient (Wildman–Crippen LogP) is 3.97. The molecular formula is C16H28ClNO. The molecule has 0 aliphatic heterocycles. The fourth-order valence-corrected chi connectivity index (χ4v) is 4.00. The number of fused-ring (bicyclic) bond motifs is 1. The second-order valence-corrected chi connectivity index (χ2v) is 7.05. The van der Waals surface area contributed by atoms with E-state index in [1.54, 1.807) is 0 Å². The van der Waals surface area contributed by atoms with Gasteiger partial charge in [0.15, 0.2) is 0 Å². The normalized spacial score (nSPS) is 34.2. The van der Waals surface area contributed by atoms with Crippen LogP contribution in [0.5, 0.6) is 0 Å². The van der Waals surface area contributed by atoms with Gasteiger partial charge in [-0.1, -0.05) is 32.6 Å². The second-order valence-electron chi connectivity index (χ2n) is 6.74. The zero-order valence-corrected chi connectivity index (χ0v) is 13.1. The summed E-state index contributed by atoms with van der Waals surface area (Å²) in [5, 5.41) is 3.17. The lowest BCUT2D eigenvalue weighted by molar-refractivity contribution is -0.128. The standard InChI is InChI=1S/C16H28ClNO/c1-11(10-17)12(2)18-16(19)15-8-7-13-5-3-4-6-14(13)9-15/h11-15H,3-10H2,1-2H3,(H,18,19). The van der Waals surface area contributed by atoms with Crippen LogP contribution in [-0.4, -0.2) is 17.8 Å². The predicted molar refractivity (Wildman–Crippen MR) is 80.3 cm³/mol. The van der Waals surface area contributed by atoms with E-state index in [0.29, 0.717) is 11.8 Å². The van der Waals surface area contributed by atoms with E-state index in [1.807, 2.05) is 0 Å². The van der Waals surface area contributed by atoms with Crippen LogP contribution in [0.3, 0.4) is 0 Å². The summed E-state index contributed by atoms with van der Waals surface area (Å²) in [7, 11) is 0. The zero-order chi connectivity index (χ0) is 13.8. The van der Waals surface area contributed by atoms with Crippen molar-refractivity contribution in [3.05, 3.63) is 0 Å². The van der Waals surface area contributed by atoms with Crippen LogP contribution in [0.15, 0.2) is 0 Å². The minimum Gasteiger partial charge on any atom is -0.353 e. The number of alkyl halides is 1. The lowest BCUT2D eigenvalue weighted by Crippen LogP contribution is -2.43. The fraction of sp³-hybridized carbons (Fsp3) is 0.938. The van der Waals surface area contributed by atoms with Gasteiger partial charge in [-0.2, -0.15) is 0 Å². The van der Waals surface area contributed by atoms with Gasteiger partial charge in [0.2, 0.25) is 5.91 Å². The number of carbonyl (C=O) groups is 1. The lowest BCUT2D eigenvalue weighted by Gasteiger charge is -2.39. The van der Waals surface area contributed by atoms with Gasteiger partial charge in [-0.15, -0.1) is 11.6 Å². The van der Waals surface area contributed by atoms with Gasteiger partial charge in [0.1, 0.15) is 0 Å². The molecule has 0 radical (unpaired) electrons. The van der Waals surface area contributed by atoms with Crippen molar-refractivity contribution in [1.82, 2.24) is 5.32 Å². The maximum absolute atomic E-state index is 12.3. The molecule has 5 atom stereocenters. The van der Waals surface area contributed by atoms with E-state index in [2.05, 4.69) is 19.2 Å². The maximum atomic E-state index is 12.3.